The Balaban J connectivity index is 2.40. The minimum absolute atomic E-state index is 0.140. The van der Waals surface area contributed by atoms with Gasteiger partial charge in [-0.2, -0.15) is 0 Å². The van der Waals surface area contributed by atoms with E-state index in [2.05, 4.69) is 15.9 Å². The number of methoxy groups -OCH3 is 1. The third-order valence-electron chi connectivity index (χ3n) is 2.90. The topological polar surface area (TPSA) is 35.5 Å². The summed E-state index contributed by atoms with van der Waals surface area (Å²) in [6, 6.07) is 10.2. The van der Waals surface area contributed by atoms with Gasteiger partial charge in [0.25, 0.3) is 0 Å². The molecule has 0 unspecified atom stereocenters. The second-order valence-corrected chi connectivity index (χ2v) is 5.54. The fraction of sp³-hybridized carbons (Fsp3) is 0.188. The summed E-state index contributed by atoms with van der Waals surface area (Å²) in [5, 5.41) is 0.522. The van der Waals surface area contributed by atoms with Crippen LogP contribution in [0.4, 0.5) is 0 Å². The van der Waals surface area contributed by atoms with Crippen molar-refractivity contribution in [2.45, 2.75) is 6.92 Å². The fourth-order valence-electron chi connectivity index (χ4n) is 1.93. The van der Waals surface area contributed by atoms with Crippen LogP contribution in [0.15, 0.2) is 40.9 Å². The first-order valence-electron chi connectivity index (χ1n) is 6.37. The lowest BCUT2D eigenvalue weighted by Gasteiger charge is -2.10. The number of hydrogen-bond donors (Lipinski definition) is 0. The predicted molar refractivity (Wildman–Crippen MR) is 86.7 cm³/mol. The van der Waals surface area contributed by atoms with Gasteiger partial charge in [0.15, 0.2) is 5.78 Å². The average molecular weight is 370 g/mol. The van der Waals surface area contributed by atoms with Crippen LogP contribution in [-0.4, -0.2) is 19.5 Å². The lowest BCUT2D eigenvalue weighted by molar-refractivity contribution is 0.103. The van der Waals surface area contributed by atoms with Gasteiger partial charge >= 0.3 is 0 Å². The number of rotatable bonds is 5. The van der Waals surface area contributed by atoms with E-state index in [0.29, 0.717) is 38.7 Å². The molecule has 2 aromatic carbocycles. The molecule has 0 saturated heterocycles. The Morgan fingerprint density at radius 1 is 1.19 bits per heavy atom. The van der Waals surface area contributed by atoms with E-state index in [9.17, 15) is 4.79 Å². The molecule has 110 valence electrons. The van der Waals surface area contributed by atoms with Gasteiger partial charge in [-0.3, -0.25) is 4.79 Å². The van der Waals surface area contributed by atoms with Crippen molar-refractivity contribution in [3.05, 3.63) is 57.0 Å². The highest BCUT2D eigenvalue weighted by molar-refractivity contribution is 9.10. The summed E-state index contributed by atoms with van der Waals surface area (Å²) in [7, 11) is 1.51. The second kappa shape index (κ2) is 6.96. The molecule has 0 aliphatic heterocycles. The number of halogens is 2. The van der Waals surface area contributed by atoms with Crippen molar-refractivity contribution in [2.24, 2.45) is 0 Å². The summed E-state index contributed by atoms with van der Waals surface area (Å²) in [6.07, 6.45) is 0. The lowest BCUT2D eigenvalue weighted by atomic mass is 10.0. The zero-order valence-electron chi connectivity index (χ0n) is 11.7. The molecule has 0 aliphatic rings. The maximum absolute atomic E-state index is 12.6. The van der Waals surface area contributed by atoms with Crippen LogP contribution in [-0.2, 0) is 0 Å². The van der Waals surface area contributed by atoms with Crippen molar-refractivity contribution in [1.29, 1.82) is 0 Å². The fourth-order valence-corrected chi connectivity index (χ4v) is 2.63. The molecule has 0 aliphatic carbocycles. The summed E-state index contributed by atoms with van der Waals surface area (Å²) in [5.41, 5.74) is 1.01. The van der Waals surface area contributed by atoms with Crippen LogP contribution in [0.1, 0.15) is 22.8 Å². The third-order valence-corrected chi connectivity index (χ3v) is 3.80. The monoisotopic (exact) mass is 368 g/mol. The molecule has 0 amide bonds. The highest BCUT2D eigenvalue weighted by atomic mass is 79.9. The Morgan fingerprint density at radius 3 is 2.52 bits per heavy atom. The first-order valence-corrected chi connectivity index (χ1v) is 7.54. The smallest absolute Gasteiger partial charge is 0.197 e. The van der Waals surface area contributed by atoms with E-state index in [0.717, 1.165) is 0 Å². The van der Waals surface area contributed by atoms with E-state index in [1.54, 1.807) is 36.4 Å². The summed E-state index contributed by atoms with van der Waals surface area (Å²) < 4.78 is 11.3. The van der Waals surface area contributed by atoms with Crippen LogP contribution in [0.5, 0.6) is 11.5 Å². The Bertz CT molecular complexity index is 671. The molecule has 21 heavy (non-hydrogen) atoms. The van der Waals surface area contributed by atoms with Gasteiger partial charge in [0.2, 0.25) is 0 Å². The second-order valence-electron chi connectivity index (χ2n) is 4.25. The van der Waals surface area contributed by atoms with Gasteiger partial charge < -0.3 is 9.47 Å². The standard InChI is InChI=1S/C16H14BrClO3/c1-3-21-11-5-7-12(14(17)9-11)16(19)13-6-4-10(18)8-15(13)20-2/h4-9H,3H2,1-2H3. The van der Waals surface area contributed by atoms with Crippen molar-refractivity contribution in [3.8, 4) is 11.5 Å². The molecule has 2 aromatic rings. The Hall–Kier alpha value is -1.52. The quantitative estimate of drug-likeness (QED) is 0.714. The van der Waals surface area contributed by atoms with Gasteiger partial charge in [-0.05, 0) is 59.3 Å². The Kier molecular flexibility index (Phi) is 5.26. The Labute approximate surface area is 137 Å². The molecular formula is C16H14BrClO3. The van der Waals surface area contributed by atoms with E-state index in [-0.39, 0.29) is 5.78 Å². The third kappa shape index (κ3) is 3.57. The summed E-state index contributed by atoms with van der Waals surface area (Å²) in [4.78, 5) is 12.6. The Morgan fingerprint density at radius 2 is 1.90 bits per heavy atom. The molecule has 0 saturated carbocycles. The number of carbonyl (C=O) groups is 1. The minimum atomic E-state index is -0.140. The van der Waals surface area contributed by atoms with Gasteiger partial charge in [0.05, 0.1) is 19.3 Å². The van der Waals surface area contributed by atoms with Crippen LogP contribution < -0.4 is 9.47 Å². The predicted octanol–water partition coefficient (Wildman–Crippen LogP) is 4.74. The van der Waals surface area contributed by atoms with E-state index in [1.807, 2.05) is 6.92 Å². The SMILES string of the molecule is CCOc1ccc(C(=O)c2ccc(Cl)cc2OC)c(Br)c1. The first kappa shape index (κ1) is 15.9. The van der Waals surface area contributed by atoms with Crippen LogP contribution in [0.3, 0.4) is 0 Å². The van der Waals surface area contributed by atoms with E-state index in [1.165, 1.54) is 7.11 Å². The van der Waals surface area contributed by atoms with E-state index >= 15 is 0 Å². The van der Waals surface area contributed by atoms with Crippen molar-refractivity contribution in [1.82, 2.24) is 0 Å². The normalized spacial score (nSPS) is 10.3. The molecule has 0 aromatic heterocycles. The van der Waals surface area contributed by atoms with Crippen LogP contribution in [0.25, 0.3) is 0 Å². The highest BCUT2D eigenvalue weighted by Gasteiger charge is 2.17. The maximum atomic E-state index is 12.6. The van der Waals surface area contributed by atoms with Gasteiger partial charge in [-0.25, -0.2) is 0 Å². The molecule has 0 fully saturated rings. The van der Waals surface area contributed by atoms with Crippen LogP contribution >= 0.6 is 27.5 Å². The van der Waals surface area contributed by atoms with Crippen molar-refractivity contribution >= 4 is 33.3 Å². The van der Waals surface area contributed by atoms with E-state index < -0.39 is 0 Å². The number of hydrogen-bond acceptors (Lipinski definition) is 3. The zero-order chi connectivity index (χ0) is 15.4. The molecule has 5 heteroatoms. The molecule has 0 N–H and O–H groups in total. The first-order chi connectivity index (χ1) is 10.1. The molecule has 0 heterocycles. The number of benzene rings is 2. The van der Waals surface area contributed by atoms with Gasteiger partial charge in [0, 0.05) is 15.1 Å². The molecule has 0 spiro atoms. The highest BCUT2D eigenvalue weighted by Crippen LogP contribution is 2.30. The average Bonchev–Trinajstić information content (AvgIpc) is 2.47. The molecular weight excluding hydrogens is 356 g/mol. The summed E-state index contributed by atoms with van der Waals surface area (Å²) in [6.45, 7) is 2.48. The van der Waals surface area contributed by atoms with Crippen molar-refractivity contribution < 1.29 is 14.3 Å². The number of carbonyl (C=O) groups excluding carboxylic acids is 1. The molecule has 3 nitrogen and oxygen atoms in total. The van der Waals surface area contributed by atoms with Crippen LogP contribution in [0, 0.1) is 0 Å². The maximum Gasteiger partial charge on any atom is 0.197 e. The van der Waals surface area contributed by atoms with Crippen molar-refractivity contribution in [2.75, 3.05) is 13.7 Å². The summed E-state index contributed by atoms with van der Waals surface area (Å²) >= 11 is 9.32. The van der Waals surface area contributed by atoms with Gasteiger partial charge in [-0.15, -0.1) is 0 Å². The molecule has 0 bridgehead atoms. The summed E-state index contributed by atoms with van der Waals surface area (Å²) in [5.74, 6) is 1.02. The molecule has 0 radical (unpaired) electrons. The largest absolute Gasteiger partial charge is 0.496 e. The molecule has 2 rings (SSSR count). The van der Waals surface area contributed by atoms with Gasteiger partial charge in [-0.1, -0.05) is 11.6 Å². The zero-order valence-corrected chi connectivity index (χ0v) is 14.0. The van der Waals surface area contributed by atoms with Crippen LogP contribution in [0.2, 0.25) is 5.02 Å². The van der Waals surface area contributed by atoms with Crippen molar-refractivity contribution in [3.63, 3.8) is 0 Å². The lowest BCUT2D eigenvalue weighted by Crippen LogP contribution is -2.05. The minimum Gasteiger partial charge on any atom is -0.496 e. The van der Waals surface area contributed by atoms with E-state index in [4.69, 9.17) is 21.1 Å². The number of ketones is 1. The van der Waals surface area contributed by atoms with Gasteiger partial charge in [0.1, 0.15) is 11.5 Å². The number of ether oxygens (including phenoxy) is 2. The molecule has 0 atom stereocenters.